The van der Waals surface area contributed by atoms with Crippen molar-refractivity contribution < 1.29 is 9.47 Å². The van der Waals surface area contributed by atoms with Crippen LogP contribution in [0.4, 0.5) is 0 Å². The van der Waals surface area contributed by atoms with Crippen molar-refractivity contribution in [2.75, 3.05) is 13.3 Å². The summed E-state index contributed by atoms with van der Waals surface area (Å²) >= 11 is 3.48. The lowest BCUT2D eigenvalue weighted by atomic mass is 9.96. The Morgan fingerprint density at radius 3 is 2.88 bits per heavy atom. The summed E-state index contributed by atoms with van der Waals surface area (Å²) in [4.78, 5) is 0. The highest BCUT2D eigenvalue weighted by Crippen LogP contribution is 2.44. The van der Waals surface area contributed by atoms with Crippen LogP contribution in [0.3, 0.4) is 0 Å². The van der Waals surface area contributed by atoms with E-state index in [9.17, 15) is 0 Å². The number of rotatable bonds is 1. The van der Waals surface area contributed by atoms with Crippen LogP contribution in [0.5, 0.6) is 11.5 Å². The molecule has 1 saturated heterocycles. The third kappa shape index (κ3) is 1.70. The minimum absolute atomic E-state index is 0.331. The van der Waals surface area contributed by atoms with Crippen molar-refractivity contribution in [1.82, 2.24) is 5.32 Å². The smallest absolute Gasteiger partial charge is 0.231 e. The molecular formula is C12H14BrNO2. The van der Waals surface area contributed by atoms with E-state index >= 15 is 0 Å². The predicted octanol–water partition coefficient (Wildman–Crippen LogP) is 2.99. The maximum absolute atomic E-state index is 5.57. The number of halogens is 1. The Bertz CT molecular complexity index is 402. The van der Waals surface area contributed by atoms with Crippen LogP contribution in [-0.4, -0.2) is 13.3 Å². The molecular weight excluding hydrogens is 270 g/mol. The van der Waals surface area contributed by atoms with Crippen molar-refractivity contribution in [1.29, 1.82) is 0 Å². The summed E-state index contributed by atoms with van der Waals surface area (Å²) in [7, 11) is 0. The standard InChI is InChI=1S/C12H14BrNO2/c13-9-5-4-8(10-3-1-2-6-14-10)11-12(9)16-7-15-11/h4-5,10,14H,1-3,6-7H2. The second kappa shape index (κ2) is 4.26. The lowest BCUT2D eigenvalue weighted by molar-refractivity contribution is 0.172. The SMILES string of the molecule is Brc1ccc(C2CCCCN2)c2c1OCO2. The maximum atomic E-state index is 5.57. The molecule has 2 heterocycles. The van der Waals surface area contributed by atoms with Crippen molar-refractivity contribution in [2.45, 2.75) is 25.3 Å². The molecule has 3 nitrogen and oxygen atoms in total. The highest BCUT2D eigenvalue weighted by Gasteiger charge is 2.26. The van der Waals surface area contributed by atoms with Gasteiger partial charge in [0, 0.05) is 11.6 Å². The van der Waals surface area contributed by atoms with Gasteiger partial charge in [0.25, 0.3) is 0 Å². The number of benzene rings is 1. The molecule has 86 valence electrons. The molecule has 0 aliphatic carbocycles. The maximum Gasteiger partial charge on any atom is 0.231 e. The van der Waals surface area contributed by atoms with Crippen LogP contribution in [0, 0.1) is 0 Å². The van der Waals surface area contributed by atoms with E-state index in [1.54, 1.807) is 0 Å². The van der Waals surface area contributed by atoms with Crippen molar-refractivity contribution in [3.63, 3.8) is 0 Å². The van der Waals surface area contributed by atoms with Crippen LogP contribution >= 0.6 is 15.9 Å². The van der Waals surface area contributed by atoms with Crippen LogP contribution in [0.2, 0.25) is 0 Å². The van der Waals surface area contributed by atoms with E-state index in [2.05, 4.69) is 27.3 Å². The highest BCUT2D eigenvalue weighted by molar-refractivity contribution is 9.10. The molecule has 1 atom stereocenters. The van der Waals surface area contributed by atoms with Gasteiger partial charge in [-0.2, -0.15) is 0 Å². The number of hydrogen-bond donors (Lipinski definition) is 1. The Hall–Kier alpha value is -0.740. The molecule has 1 N–H and O–H groups in total. The van der Waals surface area contributed by atoms with Gasteiger partial charge >= 0.3 is 0 Å². The van der Waals surface area contributed by atoms with Gasteiger partial charge in [-0.3, -0.25) is 0 Å². The molecule has 0 aromatic heterocycles. The summed E-state index contributed by atoms with van der Waals surface area (Å²) < 4.78 is 12.0. The molecule has 1 fully saturated rings. The largest absolute Gasteiger partial charge is 0.453 e. The van der Waals surface area contributed by atoms with Crippen LogP contribution in [0.1, 0.15) is 30.9 Å². The molecule has 0 spiro atoms. The third-order valence-electron chi connectivity index (χ3n) is 3.19. The minimum atomic E-state index is 0.331. The summed E-state index contributed by atoms with van der Waals surface area (Å²) in [6, 6.07) is 4.58. The first-order valence-corrected chi connectivity index (χ1v) is 6.47. The van der Waals surface area contributed by atoms with Crippen LogP contribution in [0.25, 0.3) is 0 Å². The van der Waals surface area contributed by atoms with Gasteiger partial charge in [-0.1, -0.05) is 12.5 Å². The van der Waals surface area contributed by atoms with Crippen molar-refractivity contribution in [3.05, 3.63) is 22.2 Å². The van der Waals surface area contributed by atoms with E-state index in [4.69, 9.17) is 9.47 Å². The highest BCUT2D eigenvalue weighted by atomic mass is 79.9. The Balaban J connectivity index is 1.98. The van der Waals surface area contributed by atoms with E-state index in [-0.39, 0.29) is 0 Å². The first-order valence-electron chi connectivity index (χ1n) is 5.67. The fraction of sp³-hybridized carbons (Fsp3) is 0.500. The van der Waals surface area contributed by atoms with Gasteiger partial charge in [0.05, 0.1) is 4.47 Å². The monoisotopic (exact) mass is 283 g/mol. The molecule has 1 aromatic carbocycles. The summed E-state index contributed by atoms with van der Waals surface area (Å²) in [6.07, 6.45) is 3.73. The van der Waals surface area contributed by atoms with Gasteiger partial charge in [0.2, 0.25) is 6.79 Å². The fourth-order valence-corrected chi connectivity index (χ4v) is 2.80. The zero-order valence-corrected chi connectivity index (χ0v) is 10.5. The molecule has 16 heavy (non-hydrogen) atoms. The molecule has 0 bridgehead atoms. The summed E-state index contributed by atoms with van der Waals surface area (Å²) in [5.74, 6) is 1.76. The second-order valence-electron chi connectivity index (χ2n) is 4.20. The zero-order valence-electron chi connectivity index (χ0n) is 8.96. The van der Waals surface area contributed by atoms with Crippen molar-refractivity contribution in [3.8, 4) is 11.5 Å². The molecule has 2 aliphatic heterocycles. The molecule has 1 unspecified atom stereocenters. The number of hydrogen-bond acceptors (Lipinski definition) is 3. The Kier molecular flexibility index (Phi) is 2.77. The Labute approximate surface area is 103 Å². The summed E-state index contributed by atoms with van der Waals surface area (Å²) in [6.45, 7) is 1.42. The van der Waals surface area contributed by atoms with Crippen LogP contribution in [-0.2, 0) is 0 Å². The number of piperidine rings is 1. The number of nitrogens with one attached hydrogen (secondary N) is 1. The van der Waals surface area contributed by atoms with E-state index in [0.29, 0.717) is 12.8 Å². The lowest BCUT2D eigenvalue weighted by Crippen LogP contribution is -2.26. The average Bonchev–Trinajstić information content (AvgIpc) is 2.81. The quantitative estimate of drug-likeness (QED) is 0.860. The van der Waals surface area contributed by atoms with Crippen molar-refractivity contribution >= 4 is 15.9 Å². The molecule has 2 aliphatic rings. The summed E-state index contributed by atoms with van der Waals surface area (Å²) in [5.41, 5.74) is 1.23. The first-order chi connectivity index (χ1) is 7.86. The van der Waals surface area contributed by atoms with Gasteiger partial charge in [0.1, 0.15) is 0 Å². The van der Waals surface area contributed by atoms with Crippen LogP contribution in [0.15, 0.2) is 16.6 Å². The van der Waals surface area contributed by atoms with Crippen LogP contribution < -0.4 is 14.8 Å². The molecule has 3 rings (SSSR count). The minimum Gasteiger partial charge on any atom is -0.453 e. The molecule has 0 amide bonds. The first kappa shape index (κ1) is 10.4. The molecule has 1 aromatic rings. The molecule has 0 radical (unpaired) electrons. The normalized spacial score (nSPS) is 23.4. The lowest BCUT2D eigenvalue weighted by Gasteiger charge is -2.24. The van der Waals surface area contributed by atoms with Gasteiger partial charge in [-0.25, -0.2) is 0 Å². The van der Waals surface area contributed by atoms with E-state index < -0.39 is 0 Å². The van der Waals surface area contributed by atoms with Gasteiger partial charge in [-0.05, 0) is 41.4 Å². The van der Waals surface area contributed by atoms with E-state index in [0.717, 1.165) is 22.5 Å². The number of ether oxygens (including phenoxy) is 2. The Morgan fingerprint density at radius 1 is 1.19 bits per heavy atom. The molecule has 4 heteroatoms. The van der Waals surface area contributed by atoms with Gasteiger partial charge in [-0.15, -0.1) is 0 Å². The number of fused-ring (bicyclic) bond motifs is 1. The predicted molar refractivity (Wildman–Crippen MR) is 64.9 cm³/mol. The third-order valence-corrected chi connectivity index (χ3v) is 3.81. The van der Waals surface area contributed by atoms with E-state index in [1.165, 1.54) is 24.8 Å². The Morgan fingerprint density at radius 2 is 2.06 bits per heavy atom. The fourth-order valence-electron chi connectivity index (χ4n) is 2.38. The zero-order chi connectivity index (χ0) is 11.0. The summed E-state index contributed by atoms with van der Waals surface area (Å²) in [5, 5.41) is 3.53. The molecule has 0 saturated carbocycles. The second-order valence-corrected chi connectivity index (χ2v) is 5.06. The van der Waals surface area contributed by atoms with E-state index in [1.807, 2.05) is 6.07 Å². The average molecular weight is 284 g/mol. The van der Waals surface area contributed by atoms with Gasteiger partial charge < -0.3 is 14.8 Å². The topological polar surface area (TPSA) is 30.5 Å². The van der Waals surface area contributed by atoms with Gasteiger partial charge in [0.15, 0.2) is 11.5 Å². The van der Waals surface area contributed by atoms with Crippen molar-refractivity contribution in [2.24, 2.45) is 0 Å².